The van der Waals surface area contributed by atoms with E-state index >= 15 is 0 Å². The molecule has 3 aromatic rings. The van der Waals surface area contributed by atoms with Gasteiger partial charge >= 0.3 is 0 Å². The molecular weight excluding hydrogens is 402 g/mol. The van der Waals surface area contributed by atoms with Crippen LogP contribution in [0.3, 0.4) is 0 Å². The normalized spacial score (nSPS) is 10.6. The molecule has 1 amide bonds. The fraction of sp³-hybridized carbons (Fsp3) is 0.167. The number of pyridine rings is 1. The number of carbonyl (C=O) groups is 1. The summed E-state index contributed by atoms with van der Waals surface area (Å²) >= 11 is 4.87. The molecule has 0 spiro atoms. The van der Waals surface area contributed by atoms with E-state index < -0.39 is 0 Å². The second-order valence-electron chi connectivity index (χ2n) is 5.38. The number of thiazole rings is 1. The number of aromatic hydroxyl groups is 1. The van der Waals surface area contributed by atoms with E-state index in [1.54, 1.807) is 35.9 Å². The van der Waals surface area contributed by atoms with Gasteiger partial charge in [-0.05, 0) is 36.8 Å². The molecule has 0 aliphatic rings. The first-order valence-electron chi connectivity index (χ1n) is 7.75. The number of amides is 1. The van der Waals surface area contributed by atoms with E-state index in [4.69, 9.17) is 0 Å². The number of carbonyl (C=O) groups excluding carboxylic acids is 1. The van der Waals surface area contributed by atoms with Gasteiger partial charge in [-0.25, -0.2) is 4.98 Å². The highest BCUT2D eigenvalue weighted by Gasteiger charge is 2.11. The van der Waals surface area contributed by atoms with Crippen LogP contribution in [0.4, 0.5) is 0 Å². The van der Waals surface area contributed by atoms with Crippen molar-refractivity contribution in [3.63, 3.8) is 0 Å². The largest absolute Gasteiger partial charge is 0.507 e. The van der Waals surface area contributed by atoms with Crippen molar-refractivity contribution in [2.45, 2.75) is 12.8 Å². The molecule has 0 aliphatic heterocycles. The lowest BCUT2D eigenvalue weighted by Crippen LogP contribution is -2.24. The summed E-state index contributed by atoms with van der Waals surface area (Å²) in [6, 6.07) is 8.69. The summed E-state index contributed by atoms with van der Waals surface area (Å²) in [6.07, 6.45) is 5.08. The Morgan fingerprint density at radius 2 is 2.04 bits per heavy atom. The van der Waals surface area contributed by atoms with E-state index in [0.29, 0.717) is 6.54 Å². The molecule has 5 nitrogen and oxygen atoms in total. The number of rotatable bonds is 6. The molecule has 1 aromatic carbocycles. The number of nitrogens with zero attached hydrogens (tertiary/aromatic N) is 2. The van der Waals surface area contributed by atoms with Crippen LogP contribution in [0.5, 0.6) is 5.75 Å². The SMILES string of the molecule is O=C(NCCCc1nc(-c2ccncc2)cs1)c1ccc(Br)cc1O. The zero-order chi connectivity index (χ0) is 17.6. The molecule has 25 heavy (non-hydrogen) atoms. The number of hydrogen-bond donors (Lipinski definition) is 2. The molecule has 0 saturated heterocycles. The Morgan fingerprint density at radius 3 is 2.80 bits per heavy atom. The molecule has 0 fully saturated rings. The van der Waals surface area contributed by atoms with Crippen molar-refractivity contribution < 1.29 is 9.90 Å². The second kappa shape index (κ2) is 8.22. The number of phenolic OH excluding ortho intramolecular Hbond substituents is 1. The quantitative estimate of drug-likeness (QED) is 0.593. The second-order valence-corrected chi connectivity index (χ2v) is 7.24. The van der Waals surface area contributed by atoms with Crippen LogP contribution < -0.4 is 5.32 Å². The lowest BCUT2D eigenvalue weighted by molar-refractivity contribution is 0.0950. The van der Waals surface area contributed by atoms with Gasteiger partial charge in [0.2, 0.25) is 0 Å². The van der Waals surface area contributed by atoms with Crippen LogP contribution in [0.2, 0.25) is 0 Å². The third kappa shape index (κ3) is 4.64. The van der Waals surface area contributed by atoms with Crippen molar-refractivity contribution in [1.82, 2.24) is 15.3 Å². The first kappa shape index (κ1) is 17.6. The minimum absolute atomic E-state index is 0.0335. The van der Waals surface area contributed by atoms with Gasteiger partial charge in [0.15, 0.2) is 0 Å². The maximum Gasteiger partial charge on any atom is 0.255 e. The monoisotopic (exact) mass is 417 g/mol. The van der Waals surface area contributed by atoms with E-state index in [2.05, 4.69) is 31.2 Å². The Morgan fingerprint density at radius 1 is 1.24 bits per heavy atom. The Kier molecular flexibility index (Phi) is 5.78. The summed E-state index contributed by atoms with van der Waals surface area (Å²) in [5.74, 6) is -0.310. The molecule has 3 rings (SSSR count). The van der Waals surface area contributed by atoms with E-state index in [1.807, 2.05) is 17.5 Å². The molecule has 0 unspecified atom stereocenters. The summed E-state index contributed by atoms with van der Waals surface area (Å²) < 4.78 is 0.732. The van der Waals surface area contributed by atoms with E-state index in [1.165, 1.54) is 6.07 Å². The number of halogens is 1. The Hall–Kier alpha value is -2.25. The molecule has 0 radical (unpaired) electrons. The molecule has 2 N–H and O–H groups in total. The van der Waals surface area contributed by atoms with Crippen LogP contribution in [0.15, 0.2) is 52.6 Å². The van der Waals surface area contributed by atoms with Crippen molar-refractivity contribution in [2.75, 3.05) is 6.54 Å². The Balaban J connectivity index is 1.49. The van der Waals surface area contributed by atoms with Gasteiger partial charge in [0.1, 0.15) is 5.75 Å². The molecule has 2 aromatic heterocycles. The first-order valence-corrected chi connectivity index (χ1v) is 9.42. The van der Waals surface area contributed by atoms with Gasteiger partial charge in [-0.15, -0.1) is 11.3 Å². The van der Waals surface area contributed by atoms with Crippen molar-refractivity contribution in [1.29, 1.82) is 0 Å². The molecule has 0 saturated carbocycles. The van der Waals surface area contributed by atoms with Crippen LogP contribution in [0, 0.1) is 0 Å². The van der Waals surface area contributed by atoms with Gasteiger partial charge in [-0.3, -0.25) is 9.78 Å². The number of benzene rings is 1. The third-order valence-electron chi connectivity index (χ3n) is 3.59. The minimum Gasteiger partial charge on any atom is -0.507 e. The van der Waals surface area contributed by atoms with E-state index in [-0.39, 0.29) is 17.2 Å². The number of aromatic nitrogens is 2. The van der Waals surface area contributed by atoms with E-state index in [9.17, 15) is 9.90 Å². The van der Waals surface area contributed by atoms with Gasteiger partial charge in [0.25, 0.3) is 5.91 Å². The first-order chi connectivity index (χ1) is 12.1. The molecular formula is C18H16BrN3O2S. The van der Waals surface area contributed by atoms with Gasteiger partial charge in [-0.1, -0.05) is 15.9 Å². The van der Waals surface area contributed by atoms with E-state index in [0.717, 1.165) is 33.6 Å². The number of aryl methyl sites for hydroxylation is 1. The molecule has 0 aliphatic carbocycles. The zero-order valence-corrected chi connectivity index (χ0v) is 15.7. The molecule has 7 heteroatoms. The van der Waals surface area contributed by atoms with Gasteiger partial charge in [-0.2, -0.15) is 0 Å². The topological polar surface area (TPSA) is 75.1 Å². The summed E-state index contributed by atoms with van der Waals surface area (Å²) in [5, 5.41) is 15.7. The summed E-state index contributed by atoms with van der Waals surface area (Å²) in [5.41, 5.74) is 2.28. The molecule has 128 valence electrons. The van der Waals surface area contributed by atoms with Crippen molar-refractivity contribution >= 4 is 33.2 Å². The van der Waals surface area contributed by atoms with Crippen LogP contribution in [0.1, 0.15) is 21.8 Å². The minimum atomic E-state index is -0.276. The summed E-state index contributed by atoms with van der Waals surface area (Å²) in [4.78, 5) is 20.7. The predicted molar refractivity (Wildman–Crippen MR) is 102 cm³/mol. The predicted octanol–water partition coefficient (Wildman–Crippen LogP) is 4.04. The Bertz CT molecular complexity index is 868. The van der Waals surface area contributed by atoms with Crippen molar-refractivity contribution in [3.8, 4) is 17.0 Å². The lowest BCUT2D eigenvalue weighted by Gasteiger charge is -2.06. The highest BCUT2D eigenvalue weighted by Crippen LogP contribution is 2.23. The molecule has 0 atom stereocenters. The molecule has 0 bridgehead atoms. The van der Waals surface area contributed by atoms with Crippen LogP contribution in [-0.4, -0.2) is 27.5 Å². The smallest absolute Gasteiger partial charge is 0.255 e. The average Bonchev–Trinajstić information content (AvgIpc) is 3.08. The highest BCUT2D eigenvalue weighted by atomic mass is 79.9. The van der Waals surface area contributed by atoms with Crippen LogP contribution in [-0.2, 0) is 6.42 Å². The van der Waals surface area contributed by atoms with Gasteiger partial charge in [0, 0.05) is 40.8 Å². The number of hydrogen-bond acceptors (Lipinski definition) is 5. The highest BCUT2D eigenvalue weighted by molar-refractivity contribution is 9.10. The fourth-order valence-electron chi connectivity index (χ4n) is 2.31. The van der Waals surface area contributed by atoms with Crippen molar-refractivity contribution in [2.24, 2.45) is 0 Å². The van der Waals surface area contributed by atoms with Crippen LogP contribution in [0.25, 0.3) is 11.3 Å². The Labute approximate surface area is 157 Å². The number of phenols is 1. The number of nitrogens with one attached hydrogen (secondary N) is 1. The maximum atomic E-state index is 12.1. The standard InChI is InChI=1S/C18H16BrN3O2S/c19-13-3-4-14(16(23)10-13)18(24)21-7-1-2-17-22-15(11-25-17)12-5-8-20-9-6-12/h3-6,8-11,23H,1-2,7H2,(H,21,24). The summed E-state index contributed by atoms with van der Waals surface area (Å²) in [7, 11) is 0. The zero-order valence-electron chi connectivity index (χ0n) is 13.3. The van der Waals surface area contributed by atoms with Crippen LogP contribution >= 0.6 is 27.3 Å². The lowest BCUT2D eigenvalue weighted by atomic mass is 10.2. The van der Waals surface area contributed by atoms with Gasteiger partial charge in [0.05, 0.1) is 16.3 Å². The molecule has 2 heterocycles. The fourth-order valence-corrected chi connectivity index (χ4v) is 3.51. The van der Waals surface area contributed by atoms with Gasteiger partial charge < -0.3 is 10.4 Å². The average molecular weight is 418 g/mol. The van der Waals surface area contributed by atoms with Crippen molar-refractivity contribution in [3.05, 3.63) is 63.1 Å². The maximum absolute atomic E-state index is 12.1. The summed E-state index contributed by atoms with van der Waals surface area (Å²) in [6.45, 7) is 0.526. The third-order valence-corrected chi connectivity index (χ3v) is 4.99.